The van der Waals surface area contributed by atoms with Crippen molar-refractivity contribution in [3.05, 3.63) is 99.6 Å². The van der Waals surface area contributed by atoms with Crippen LogP contribution in [0.5, 0.6) is 5.75 Å². The lowest BCUT2D eigenvalue weighted by Crippen LogP contribution is -1.96. The van der Waals surface area contributed by atoms with Gasteiger partial charge in [0.2, 0.25) is 0 Å². The third-order valence-electron chi connectivity index (χ3n) is 4.56. The van der Waals surface area contributed by atoms with Crippen LogP contribution in [0.15, 0.2) is 66.7 Å². The number of nitriles is 1. The second kappa shape index (κ2) is 8.47. The molecule has 0 aliphatic carbocycles. The zero-order valence-corrected chi connectivity index (χ0v) is 16.1. The Kier molecular flexibility index (Phi) is 5.41. The molecule has 0 unspecified atom stereocenters. The number of fused-ring (bicyclic) bond motifs is 1. The number of rotatable bonds is 6. The van der Waals surface area contributed by atoms with E-state index in [1.807, 2.05) is 0 Å². The molecule has 0 saturated heterocycles. The first-order valence-corrected chi connectivity index (χ1v) is 9.25. The van der Waals surface area contributed by atoms with Crippen LogP contribution in [-0.2, 0) is 6.61 Å². The Morgan fingerprint density at radius 1 is 1.16 bits per heavy atom. The zero-order chi connectivity index (χ0) is 21.8. The van der Waals surface area contributed by atoms with Gasteiger partial charge in [-0.25, -0.2) is 9.37 Å². The molecule has 1 aromatic heterocycles. The summed E-state index contributed by atoms with van der Waals surface area (Å²) in [5, 5.41) is 20.2. The van der Waals surface area contributed by atoms with Crippen molar-refractivity contribution in [2.45, 2.75) is 6.61 Å². The van der Waals surface area contributed by atoms with Gasteiger partial charge in [0, 0.05) is 12.1 Å². The first-order chi connectivity index (χ1) is 15.0. The number of H-pyrrole nitrogens is 1. The van der Waals surface area contributed by atoms with E-state index in [-0.39, 0.29) is 18.1 Å². The van der Waals surface area contributed by atoms with Crippen LogP contribution < -0.4 is 4.74 Å². The largest absolute Gasteiger partial charge is 0.489 e. The van der Waals surface area contributed by atoms with Gasteiger partial charge in [0.1, 0.15) is 30.1 Å². The summed E-state index contributed by atoms with van der Waals surface area (Å²) in [5.74, 6) is 0.601. The highest BCUT2D eigenvalue weighted by Crippen LogP contribution is 2.22. The summed E-state index contributed by atoms with van der Waals surface area (Å²) >= 11 is 0. The van der Waals surface area contributed by atoms with E-state index < -0.39 is 4.92 Å². The normalized spacial score (nSPS) is 11.3. The minimum Gasteiger partial charge on any atom is -0.489 e. The number of nitrogens with one attached hydrogen (secondary N) is 1. The van der Waals surface area contributed by atoms with Crippen LogP contribution in [0.4, 0.5) is 10.1 Å². The van der Waals surface area contributed by atoms with Gasteiger partial charge in [0.05, 0.1) is 21.5 Å². The van der Waals surface area contributed by atoms with Crippen LogP contribution in [0.25, 0.3) is 22.7 Å². The van der Waals surface area contributed by atoms with Gasteiger partial charge in [-0.3, -0.25) is 10.1 Å². The average molecular weight is 414 g/mol. The monoisotopic (exact) mass is 414 g/mol. The molecular weight excluding hydrogens is 399 g/mol. The number of hydrogen-bond acceptors (Lipinski definition) is 5. The number of nitro benzene ring substituents is 1. The molecule has 1 heterocycles. The molecule has 8 heteroatoms. The number of ether oxygens (including phenoxy) is 1. The van der Waals surface area contributed by atoms with Gasteiger partial charge < -0.3 is 9.72 Å². The van der Waals surface area contributed by atoms with Crippen molar-refractivity contribution in [1.29, 1.82) is 5.26 Å². The molecular formula is C23H15FN4O3. The molecule has 0 amide bonds. The Hall–Kier alpha value is -4.51. The van der Waals surface area contributed by atoms with Crippen molar-refractivity contribution < 1.29 is 14.1 Å². The minimum atomic E-state index is -0.448. The molecule has 0 aliphatic heterocycles. The van der Waals surface area contributed by atoms with E-state index in [0.29, 0.717) is 28.2 Å². The van der Waals surface area contributed by atoms with E-state index >= 15 is 0 Å². The lowest BCUT2D eigenvalue weighted by atomic mass is 10.1. The fourth-order valence-corrected chi connectivity index (χ4v) is 2.97. The van der Waals surface area contributed by atoms with Crippen LogP contribution in [0.3, 0.4) is 0 Å². The molecule has 7 nitrogen and oxygen atoms in total. The number of allylic oxidation sites excluding steroid dienone is 1. The third-order valence-corrected chi connectivity index (χ3v) is 4.56. The SMILES string of the molecule is N#C/C(=C/c1ccc(OCc2ccc([N+](=O)[O-])cc2)cc1)c1nc2ccc(F)cc2[nH]1. The van der Waals surface area contributed by atoms with E-state index in [1.54, 1.807) is 48.5 Å². The highest BCUT2D eigenvalue weighted by atomic mass is 19.1. The Labute approximate surface area is 176 Å². The number of non-ortho nitro benzene ring substituents is 1. The van der Waals surface area contributed by atoms with Crippen LogP contribution in [0.1, 0.15) is 17.0 Å². The van der Waals surface area contributed by atoms with E-state index in [1.165, 1.54) is 24.3 Å². The van der Waals surface area contributed by atoms with Crippen LogP contribution in [0, 0.1) is 27.3 Å². The average Bonchev–Trinajstić information content (AvgIpc) is 3.20. The third kappa shape index (κ3) is 4.57. The predicted molar refractivity (Wildman–Crippen MR) is 113 cm³/mol. The number of imidazole rings is 1. The summed E-state index contributed by atoms with van der Waals surface area (Å²) in [7, 11) is 0. The topological polar surface area (TPSA) is 105 Å². The lowest BCUT2D eigenvalue weighted by Gasteiger charge is -2.06. The summed E-state index contributed by atoms with van der Waals surface area (Å²) in [5.41, 5.74) is 3.02. The molecule has 152 valence electrons. The predicted octanol–water partition coefficient (Wildman–Crippen LogP) is 5.25. The van der Waals surface area contributed by atoms with Crippen molar-refractivity contribution in [1.82, 2.24) is 9.97 Å². The maximum absolute atomic E-state index is 13.4. The van der Waals surface area contributed by atoms with Gasteiger partial charge in [-0.1, -0.05) is 12.1 Å². The molecule has 0 radical (unpaired) electrons. The molecule has 0 aliphatic rings. The van der Waals surface area contributed by atoms with Crippen molar-refractivity contribution in [3.63, 3.8) is 0 Å². The number of hydrogen-bond donors (Lipinski definition) is 1. The molecule has 0 spiro atoms. The standard InChI is InChI=1S/C23H15FN4O3/c24-18-5-10-21-22(12-18)27-23(26-21)17(13-25)11-15-3-8-20(9-4-15)31-14-16-1-6-19(7-2-16)28(29)30/h1-12H,14H2,(H,26,27)/b17-11-. The second-order valence-corrected chi connectivity index (χ2v) is 6.70. The molecule has 0 atom stereocenters. The molecule has 0 saturated carbocycles. The summed E-state index contributed by atoms with van der Waals surface area (Å²) in [6, 6.07) is 19.6. The fourth-order valence-electron chi connectivity index (χ4n) is 2.97. The molecule has 0 bridgehead atoms. The highest BCUT2D eigenvalue weighted by Gasteiger charge is 2.09. The second-order valence-electron chi connectivity index (χ2n) is 6.70. The number of aromatic nitrogens is 2. The highest BCUT2D eigenvalue weighted by molar-refractivity contribution is 5.90. The van der Waals surface area contributed by atoms with Gasteiger partial charge in [0.25, 0.3) is 5.69 Å². The van der Waals surface area contributed by atoms with Crippen molar-refractivity contribution in [2.75, 3.05) is 0 Å². The Morgan fingerprint density at radius 2 is 1.90 bits per heavy atom. The molecule has 1 N–H and O–H groups in total. The first-order valence-electron chi connectivity index (χ1n) is 9.25. The molecule has 31 heavy (non-hydrogen) atoms. The van der Waals surface area contributed by atoms with Crippen LogP contribution in [0.2, 0.25) is 0 Å². The van der Waals surface area contributed by atoms with Crippen LogP contribution in [-0.4, -0.2) is 14.9 Å². The number of nitrogens with zero attached hydrogens (tertiary/aromatic N) is 3. The minimum absolute atomic E-state index is 0.0303. The fraction of sp³-hybridized carbons (Fsp3) is 0.0435. The van der Waals surface area contributed by atoms with Gasteiger partial charge in [0.15, 0.2) is 0 Å². The number of nitro groups is 1. The Morgan fingerprint density at radius 3 is 2.58 bits per heavy atom. The maximum Gasteiger partial charge on any atom is 0.269 e. The lowest BCUT2D eigenvalue weighted by molar-refractivity contribution is -0.384. The van der Waals surface area contributed by atoms with Crippen molar-refractivity contribution in [2.24, 2.45) is 0 Å². The number of halogens is 1. The first kappa shape index (κ1) is 19.8. The zero-order valence-electron chi connectivity index (χ0n) is 16.1. The van der Waals surface area contributed by atoms with Gasteiger partial charge in [-0.2, -0.15) is 5.26 Å². The van der Waals surface area contributed by atoms with E-state index in [0.717, 1.165) is 11.1 Å². The molecule has 3 aromatic carbocycles. The Bertz CT molecular complexity index is 1320. The van der Waals surface area contributed by atoms with Gasteiger partial charge in [-0.15, -0.1) is 0 Å². The van der Waals surface area contributed by atoms with Crippen molar-refractivity contribution in [3.8, 4) is 11.8 Å². The Balaban J connectivity index is 1.46. The van der Waals surface area contributed by atoms with E-state index in [9.17, 15) is 19.8 Å². The molecule has 4 rings (SSSR count). The van der Waals surface area contributed by atoms with E-state index in [2.05, 4.69) is 16.0 Å². The van der Waals surface area contributed by atoms with Gasteiger partial charge in [-0.05, 0) is 59.7 Å². The van der Waals surface area contributed by atoms with E-state index in [4.69, 9.17) is 4.74 Å². The van der Waals surface area contributed by atoms with Crippen LogP contribution >= 0.6 is 0 Å². The maximum atomic E-state index is 13.4. The van der Waals surface area contributed by atoms with Crippen molar-refractivity contribution >= 4 is 28.4 Å². The summed E-state index contributed by atoms with van der Waals surface area (Å²) in [6.07, 6.45) is 1.67. The molecule has 0 fully saturated rings. The quantitative estimate of drug-likeness (QED) is 0.263. The summed E-state index contributed by atoms with van der Waals surface area (Å²) in [6.45, 7) is 0.270. The van der Waals surface area contributed by atoms with Gasteiger partial charge >= 0.3 is 0 Å². The summed E-state index contributed by atoms with van der Waals surface area (Å²) in [4.78, 5) is 17.5. The summed E-state index contributed by atoms with van der Waals surface area (Å²) < 4.78 is 19.1. The number of benzene rings is 3. The molecule has 4 aromatic rings. The smallest absolute Gasteiger partial charge is 0.269 e. The number of aromatic amines is 1.